The van der Waals surface area contributed by atoms with Crippen molar-refractivity contribution >= 4 is 5.78 Å². The molecular weight excluding hydrogens is 236 g/mol. The summed E-state index contributed by atoms with van der Waals surface area (Å²) < 4.78 is 0. The maximum absolute atomic E-state index is 11.4. The Morgan fingerprint density at radius 2 is 1.47 bits per heavy atom. The Morgan fingerprint density at radius 3 is 1.89 bits per heavy atom. The molecule has 0 aliphatic carbocycles. The Labute approximate surface area is 118 Å². The Kier molecular flexibility index (Phi) is 4.67. The van der Waals surface area contributed by atoms with Gasteiger partial charge in [0.15, 0.2) is 0 Å². The summed E-state index contributed by atoms with van der Waals surface area (Å²) in [4.78, 5) is 16.7. The standard InChI is InChI=1S/C16H30N2O/c1-13(19)14-5-9-17(10-6-14)15-7-11-18(12-8-15)16(2,3)4/h14-15H,5-12H2,1-4H3. The lowest BCUT2D eigenvalue weighted by Gasteiger charge is -2.45. The van der Waals surface area contributed by atoms with Gasteiger partial charge in [-0.25, -0.2) is 0 Å². The van der Waals surface area contributed by atoms with E-state index in [1.165, 1.54) is 25.9 Å². The average Bonchev–Trinajstić information content (AvgIpc) is 2.38. The van der Waals surface area contributed by atoms with Gasteiger partial charge < -0.3 is 4.90 Å². The molecule has 0 spiro atoms. The van der Waals surface area contributed by atoms with Crippen molar-refractivity contribution in [2.45, 2.75) is 65.0 Å². The lowest BCUT2D eigenvalue weighted by atomic mass is 9.90. The fourth-order valence-electron chi connectivity index (χ4n) is 3.57. The van der Waals surface area contributed by atoms with Gasteiger partial charge in [0.05, 0.1) is 0 Å². The molecule has 0 aromatic rings. The Balaban J connectivity index is 1.78. The molecule has 2 fully saturated rings. The first-order valence-electron chi connectivity index (χ1n) is 7.87. The van der Waals surface area contributed by atoms with Crippen LogP contribution in [0.5, 0.6) is 0 Å². The van der Waals surface area contributed by atoms with Gasteiger partial charge in [0.25, 0.3) is 0 Å². The highest BCUT2D eigenvalue weighted by Gasteiger charge is 2.32. The van der Waals surface area contributed by atoms with E-state index in [4.69, 9.17) is 0 Å². The molecule has 0 aromatic carbocycles. The first-order chi connectivity index (χ1) is 8.88. The van der Waals surface area contributed by atoms with Crippen molar-refractivity contribution in [3.05, 3.63) is 0 Å². The highest BCUT2D eigenvalue weighted by molar-refractivity contribution is 5.78. The van der Waals surface area contributed by atoms with Crippen molar-refractivity contribution in [3.8, 4) is 0 Å². The topological polar surface area (TPSA) is 23.6 Å². The van der Waals surface area contributed by atoms with Crippen LogP contribution in [0.3, 0.4) is 0 Å². The lowest BCUT2D eigenvalue weighted by Crippen LogP contribution is -2.52. The third kappa shape index (κ3) is 3.79. The summed E-state index contributed by atoms with van der Waals surface area (Å²) in [5, 5.41) is 0. The molecule has 0 saturated carbocycles. The van der Waals surface area contributed by atoms with E-state index in [1.807, 2.05) is 0 Å². The summed E-state index contributed by atoms with van der Waals surface area (Å²) in [6.07, 6.45) is 4.74. The second-order valence-electron chi connectivity index (χ2n) is 7.31. The molecule has 2 heterocycles. The first-order valence-corrected chi connectivity index (χ1v) is 7.87. The predicted molar refractivity (Wildman–Crippen MR) is 79.3 cm³/mol. The second-order valence-corrected chi connectivity index (χ2v) is 7.31. The first kappa shape index (κ1) is 15.0. The van der Waals surface area contributed by atoms with E-state index >= 15 is 0 Å². The average molecular weight is 266 g/mol. The molecule has 19 heavy (non-hydrogen) atoms. The fraction of sp³-hybridized carbons (Fsp3) is 0.938. The molecule has 3 heteroatoms. The number of nitrogens with zero attached hydrogens (tertiary/aromatic N) is 2. The van der Waals surface area contributed by atoms with Crippen LogP contribution in [0.4, 0.5) is 0 Å². The Bertz CT molecular complexity index is 305. The number of piperidine rings is 2. The lowest BCUT2D eigenvalue weighted by molar-refractivity contribution is -0.122. The quantitative estimate of drug-likeness (QED) is 0.767. The van der Waals surface area contributed by atoms with Gasteiger partial charge in [-0.3, -0.25) is 9.69 Å². The van der Waals surface area contributed by atoms with Crippen LogP contribution in [0.25, 0.3) is 0 Å². The Morgan fingerprint density at radius 1 is 0.947 bits per heavy atom. The normalized spacial score (nSPS) is 25.7. The molecule has 3 nitrogen and oxygen atoms in total. The molecular formula is C16H30N2O. The molecule has 0 bridgehead atoms. The SMILES string of the molecule is CC(=O)C1CCN(C2CCN(C(C)(C)C)CC2)CC1. The van der Waals surface area contributed by atoms with Gasteiger partial charge in [-0.05, 0) is 66.5 Å². The molecule has 0 unspecified atom stereocenters. The predicted octanol–water partition coefficient (Wildman–Crippen LogP) is 2.55. The van der Waals surface area contributed by atoms with Gasteiger partial charge in [0.2, 0.25) is 0 Å². The van der Waals surface area contributed by atoms with Gasteiger partial charge in [0.1, 0.15) is 5.78 Å². The number of carbonyl (C=O) groups is 1. The number of likely N-dealkylation sites (tertiary alicyclic amines) is 2. The molecule has 2 aliphatic heterocycles. The van der Waals surface area contributed by atoms with Crippen LogP contribution in [0.1, 0.15) is 53.4 Å². The molecule has 0 radical (unpaired) electrons. The second kappa shape index (κ2) is 5.92. The van der Waals surface area contributed by atoms with Crippen molar-refractivity contribution in [3.63, 3.8) is 0 Å². The number of carbonyl (C=O) groups excluding carboxylic acids is 1. The molecule has 2 saturated heterocycles. The number of hydrogen-bond acceptors (Lipinski definition) is 3. The van der Waals surface area contributed by atoms with Crippen LogP contribution in [-0.4, -0.2) is 53.3 Å². The number of ketones is 1. The van der Waals surface area contributed by atoms with Crippen molar-refractivity contribution in [1.82, 2.24) is 9.80 Å². The van der Waals surface area contributed by atoms with Gasteiger partial charge in [-0.15, -0.1) is 0 Å². The monoisotopic (exact) mass is 266 g/mol. The number of hydrogen-bond donors (Lipinski definition) is 0. The summed E-state index contributed by atoms with van der Waals surface area (Å²) in [6.45, 7) is 13.4. The van der Waals surface area contributed by atoms with Gasteiger partial charge in [-0.2, -0.15) is 0 Å². The summed E-state index contributed by atoms with van der Waals surface area (Å²) in [5.41, 5.74) is 0.312. The van der Waals surface area contributed by atoms with E-state index in [9.17, 15) is 4.79 Å². The minimum Gasteiger partial charge on any atom is -0.300 e. The minimum absolute atomic E-state index is 0.312. The smallest absolute Gasteiger partial charge is 0.133 e. The van der Waals surface area contributed by atoms with E-state index in [0.29, 0.717) is 17.2 Å². The van der Waals surface area contributed by atoms with Crippen LogP contribution < -0.4 is 0 Å². The third-order valence-electron chi connectivity index (χ3n) is 5.03. The van der Waals surface area contributed by atoms with Crippen LogP contribution >= 0.6 is 0 Å². The van der Waals surface area contributed by atoms with Crippen LogP contribution in [0.2, 0.25) is 0 Å². The van der Waals surface area contributed by atoms with Gasteiger partial charge >= 0.3 is 0 Å². The maximum Gasteiger partial charge on any atom is 0.133 e. The fourth-order valence-corrected chi connectivity index (χ4v) is 3.57. The zero-order valence-corrected chi connectivity index (χ0v) is 13.1. The summed E-state index contributed by atoms with van der Waals surface area (Å²) in [6, 6.07) is 0.756. The summed E-state index contributed by atoms with van der Waals surface area (Å²) in [7, 11) is 0. The van der Waals surface area contributed by atoms with Crippen molar-refractivity contribution < 1.29 is 4.79 Å². The van der Waals surface area contributed by atoms with E-state index in [1.54, 1.807) is 6.92 Å². The van der Waals surface area contributed by atoms with Crippen LogP contribution in [0, 0.1) is 5.92 Å². The molecule has 0 amide bonds. The molecule has 2 rings (SSSR count). The van der Waals surface area contributed by atoms with Gasteiger partial charge in [0, 0.05) is 30.6 Å². The zero-order valence-electron chi connectivity index (χ0n) is 13.1. The summed E-state index contributed by atoms with van der Waals surface area (Å²) >= 11 is 0. The van der Waals surface area contributed by atoms with Crippen molar-refractivity contribution in [1.29, 1.82) is 0 Å². The molecule has 0 atom stereocenters. The van der Waals surface area contributed by atoms with E-state index in [-0.39, 0.29) is 0 Å². The van der Waals surface area contributed by atoms with E-state index < -0.39 is 0 Å². The van der Waals surface area contributed by atoms with Crippen LogP contribution in [0.15, 0.2) is 0 Å². The molecule has 2 aliphatic rings. The molecule has 0 N–H and O–H groups in total. The van der Waals surface area contributed by atoms with Crippen molar-refractivity contribution in [2.24, 2.45) is 5.92 Å². The molecule has 110 valence electrons. The molecule has 0 aromatic heterocycles. The highest BCUT2D eigenvalue weighted by atomic mass is 16.1. The largest absolute Gasteiger partial charge is 0.300 e. The van der Waals surface area contributed by atoms with E-state index in [2.05, 4.69) is 30.6 Å². The zero-order chi connectivity index (χ0) is 14.0. The maximum atomic E-state index is 11.4. The third-order valence-corrected chi connectivity index (χ3v) is 5.03. The summed E-state index contributed by atoms with van der Waals surface area (Å²) in [5.74, 6) is 0.730. The van der Waals surface area contributed by atoms with Gasteiger partial charge in [-0.1, -0.05) is 0 Å². The Hall–Kier alpha value is -0.410. The number of rotatable bonds is 2. The van der Waals surface area contributed by atoms with Crippen LogP contribution in [-0.2, 0) is 4.79 Å². The van der Waals surface area contributed by atoms with Crippen molar-refractivity contribution in [2.75, 3.05) is 26.2 Å². The number of Topliss-reactive ketones (excluding diaryl/α,β-unsaturated/α-hetero) is 1. The van der Waals surface area contributed by atoms with E-state index in [0.717, 1.165) is 32.0 Å². The highest BCUT2D eigenvalue weighted by Crippen LogP contribution is 2.26. The minimum atomic E-state index is 0.312.